The van der Waals surface area contributed by atoms with Gasteiger partial charge in [-0.05, 0) is 37.8 Å². The van der Waals surface area contributed by atoms with Gasteiger partial charge in [0.2, 0.25) is 5.91 Å². The minimum Gasteiger partial charge on any atom is -0.483 e. The van der Waals surface area contributed by atoms with E-state index in [-0.39, 0.29) is 24.5 Å². The number of hydrogen-bond acceptors (Lipinski definition) is 6. The number of rotatable bonds is 7. The fourth-order valence-electron chi connectivity index (χ4n) is 3.98. The number of nitrogens with zero attached hydrogens (tertiary/aromatic N) is 5. The largest absolute Gasteiger partial charge is 0.483 e. The second kappa shape index (κ2) is 9.97. The minimum atomic E-state index is -0.134. The highest BCUT2D eigenvalue weighted by molar-refractivity contribution is 5.77. The Hall–Kier alpha value is -3.16. The van der Waals surface area contributed by atoms with Gasteiger partial charge in [0.05, 0.1) is 18.3 Å². The maximum absolute atomic E-state index is 12.7. The summed E-state index contributed by atoms with van der Waals surface area (Å²) in [5.41, 5.74) is 2.74. The normalized spacial score (nSPS) is 15.6. The van der Waals surface area contributed by atoms with E-state index in [0.29, 0.717) is 12.4 Å². The fraction of sp³-hybridized carbons (Fsp3) is 0.500. The lowest BCUT2D eigenvalue weighted by molar-refractivity contribution is -0.132. The average Bonchev–Trinajstić information content (AvgIpc) is 3.23. The molecule has 172 valence electrons. The van der Waals surface area contributed by atoms with E-state index in [4.69, 9.17) is 9.72 Å². The average molecular weight is 440 g/mol. The molecular formula is C24H33N5O3. The van der Waals surface area contributed by atoms with Crippen LogP contribution in [0.25, 0.3) is 0 Å². The molecule has 8 heteroatoms. The van der Waals surface area contributed by atoms with E-state index in [1.165, 1.54) is 0 Å². The molecule has 3 rings (SSSR count). The van der Waals surface area contributed by atoms with E-state index < -0.39 is 0 Å². The van der Waals surface area contributed by atoms with Gasteiger partial charge in [-0.1, -0.05) is 18.2 Å². The molecule has 2 amide bonds. The summed E-state index contributed by atoms with van der Waals surface area (Å²) in [6, 6.07) is 7.66. The Morgan fingerprint density at radius 3 is 2.47 bits per heavy atom. The second-order valence-corrected chi connectivity index (χ2v) is 8.60. The lowest BCUT2D eigenvalue weighted by Gasteiger charge is -2.24. The van der Waals surface area contributed by atoms with Crippen LogP contribution in [0.4, 0.5) is 5.82 Å². The molecule has 0 radical (unpaired) electrons. The standard InChI is InChI=1S/C24H33N5O3/c1-16-9-7-10-17(2)23(16)32-15-22(31)28(6)14-19-13-21(27(4)5)26-24(25-19)20-11-8-12-29(20)18(3)30/h7,9-10,13,20H,8,11-12,14-15H2,1-6H3. The van der Waals surface area contributed by atoms with Gasteiger partial charge in [-0.15, -0.1) is 0 Å². The van der Waals surface area contributed by atoms with Crippen molar-refractivity contribution in [3.05, 3.63) is 46.9 Å². The molecule has 1 aromatic heterocycles. The molecule has 0 spiro atoms. The molecule has 1 saturated heterocycles. The molecule has 1 unspecified atom stereocenters. The van der Waals surface area contributed by atoms with E-state index in [1.54, 1.807) is 18.9 Å². The highest BCUT2D eigenvalue weighted by Crippen LogP contribution is 2.31. The number of aryl methyl sites for hydroxylation is 2. The summed E-state index contributed by atoms with van der Waals surface area (Å²) in [6.07, 6.45) is 1.78. The smallest absolute Gasteiger partial charge is 0.260 e. The van der Waals surface area contributed by atoms with Crippen LogP contribution in [0.5, 0.6) is 5.75 Å². The van der Waals surface area contributed by atoms with Crippen molar-refractivity contribution in [1.29, 1.82) is 0 Å². The molecule has 2 aromatic rings. The summed E-state index contributed by atoms with van der Waals surface area (Å²) in [5, 5.41) is 0. The van der Waals surface area contributed by atoms with Crippen molar-refractivity contribution in [1.82, 2.24) is 19.8 Å². The summed E-state index contributed by atoms with van der Waals surface area (Å²) in [5.74, 6) is 2.04. The third-order valence-electron chi connectivity index (χ3n) is 5.77. The first-order chi connectivity index (χ1) is 15.2. The number of benzene rings is 1. The molecule has 2 heterocycles. The first-order valence-electron chi connectivity index (χ1n) is 10.9. The molecule has 0 N–H and O–H groups in total. The van der Waals surface area contributed by atoms with Gasteiger partial charge in [-0.25, -0.2) is 9.97 Å². The van der Waals surface area contributed by atoms with E-state index in [9.17, 15) is 9.59 Å². The van der Waals surface area contributed by atoms with E-state index in [0.717, 1.165) is 47.8 Å². The Kier molecular flexibility index (Phi) is 7.33. The number of likely N-dealkylation sites (tertiary alicyclic amines) is 1. The van der Waals surface area contributed by atoms with Gasteiger partial charge in [0.25, 0.3) is 5.91 Å². The number of anilines is 1. The summed E-state index contributed by atoms with van der Waals surface area (Å²) < 4.78 is 5.82. The molecule has 32 heavy (non-hydrogen) atoms. The van der Waals surface area contributed by atoms with Gasteiger partial charge in [0.1, 0.15) is 11.6 Å². The van der Waals surface area contributed by atoms with Crippen LogP contribution in [0, 0.1) is 13.8 Å². The zero-order valence-electron chi connectivity index (χ0n) is 19.9. The molecule has 1 atom stereocenters. The molecule has 1 aliphatic heterocycles. The molecule has 1 aliphatic rings. The van der Waals surface area contributed by atoms with Crippen LogP contribution < -0.4 is 9.64 Å². The van der Waals surface area contributed by atoms with Crippen molar-refractivity contribution in [3.63, 3.8) is 0 Å². The van der Waals surface area contributed by atoms with Crippen molar-refractivity contribution in [2.24, 2.45) is 0 Å². The quantitative estimate of drug-likeness (QED) is 0.660. The Bertz CT molecular complexity index is 971. The third kappa shape index (κ3) is 5.36. The molecule has 8 nitrogen and oxygen atoms in total. The van der Waals surface area contributed by atoms with Crippen molar-refractivity contribution < 1.29 is 14.3 Å². The Morgan fingerprint density at radius 1 is 1.16 bits per heavy atom. The minimum absolute atomic E-state index is 0.0313. The van der Waals surface area contributed by atoms with E-state index >= 15 is 0 Å². The van der Waals surface area contributed by atoms with Crippen molar-refractivity contribution in [2.45, 2.75) is 46.2 Å². The first-order valence-corrected chi connectivity index (χ1v) is 10.9. The zero-order chi connectivity index (χ0) is 23.4. The van der Waals surface area contributed by atoms with Gasteiger partial charge >= 0.3 is 0 Å². The van der Waals surface area contributed by atoms with E-state index in [2.05, 4.69) is 4.98 Å². The van der Waals surface area contributed by atoms with Crippen LogP contribution in [-0.2, 0) is 16.1 Å². The topological polar surface area (TPSA) is 78.9 Å². The maximum atomic E-state index is 12.7. The van der Waals surface area contributed by atoms with Crippen LogP contribution in [-0.4, -0.2) is 65.9 Å². The van der Waals surface area contributed by atoms with Crippen LogP contribution in [0.1, 0.15) is 48.5 Å². The summed E-state index contributed by atoms with van der Waals surface area (Å²) >= 11 is 0. The fourth-order valence-corrected chi connectivity index (χ4v) is 3.98. The Balaban J connectivity index is 1.74. The molecule has 0 saturated carbocycles. The highest BCUT2D eigenvalue weighted by Gasteiger charge is 2.31. The number of para-hydroxylation sites is 1. The lowest BCUT2D eigenvalue weighted by atomic mass is 10.1. The van der Waals surface area contributed by atoms with E-state index in [1.807, 2.05) is 62.0 Å². The van der Waals surface area contributed by atoms with Crippen molar-refractivity contribution >= 4 is 17.6 Å². The molecule has 0 bridgehead atoms. The van der Waals surface area contributed by atoms with Crippen molar-refractivity contribution in [3.8, 4) is 5.75 Å². The number of amides is 2. The number of carbonyl (C=O) groups excluding carboxylic acids is 2. The maximum Gasteiger partial charge on any atom is 0.260 e. The molecule has 1 fully saturated rings. The summed E-state index contributed by atoms with van der Waals surface area (Å²) in [6.45, 7) is 6.53. The predicted molar refractivity (Wildman–Crippen MR) is 124 cm³/mol. The summed E-state index contributed by atoms with van der Waals surface area (Å²) in [4.78, 5) is 39.5. The third-order valence-corrected chi connectivity index (χ3v) is 5.77. The predicted octanol–water partition coefficient (Wildman–Crippen LogP) is 2.88. The zero-order valence-corrected chi connectivity index (χ0v) is 19.9. The summed E-state index contributed by atoms with van der Waals surface area (Å²) in [7, 11) is 5.58. The number of ether oxygens (including phenoxy) is 1. The second-order valence-electron chi connectivity index (χ2n) is 8.60. The number of hydrogen-bond donors (Lipinski definition) is 0. The van der Waals surface area contributed by atoms with Gasteiger partial charge < -0.3 is 19.4 Å². The van der Waals surface area contributed by atoms with Crippen LogP contribution in [0.3, 0.4) is 0 Å². The van der Waals surface area contributed by atoms with Gasteiger partial charge in [-0.2, -0.15) is 0 Å². The first kappa shape index (κ1) is 23.5. The molecule has 0 aliphatic carbocycles. The lowest BCUT2D eigenvalue weighted by Crippen LogP contribution is -2.32. The van der Waals surface area contributed by atoms with Gasteiger partial charge in [0.15, 0.2) is 12.4 Å². The van der Waals surface area contributed by atoms with Crippen LogP contribution >= 0.6 is 0 Å². The van der Waals surface area contributed by atoms with Crippen LogP contribution in [0.15, 0.2) is 24.3 Å². The number of aromatic nitrogens is 2. The molecular weight excluding hydrogens is 406 g/mol. The Labute approximate surface area is 190 Å². The van der Waals surface area contributed by atoms with Crippen LogP contribution in [0.2, 0.25) is 0 Å². The Morgan fingerprint density at radius 2 is 1.84 bits per heavy atom. The van der Waals surface area contributed by atoms with Gasteiger partial charge in [0, 0.05) is 40.7 Å². The number of carbonyl (C=O) groups is 2. The molecule has 1 aromatic carbocycles. The monoisotopic (exact) mass is 439 g/mol. The van der Waals surface area contributed by atoms with Gasteiger partial charge in [-0.3, -0.25) is 9.59 Å². The highest BCUT2D eigenvalue weighted by atomic mass is 16.5. The van der Waals surface area contributed by atoms with Crippen molar-refractivity contribution in [2.75, 3.05) is 39.2 Å². The SMILES string of the molecule is CC(=O)N1CCCC1c1nc(CN(C)C(=O)COc2c(C)cccc2C)cc(N(C)C)n1. The number of likely N-dealkylation sites (N-methyl/N-ethyl adjacent to an activating group) is 1.